The van der Waals surface area contributed by atoms with E-state index in [0.29, 0.717) is 12.3 Å². The zero-order chi connectivity index (χ0) is 13.1. The summed E-state index contributed by atoms with van der Waals surface area (Å²) in [5, 5.41) is 6.81. The van der Waals surface area contributed by atoms with Crippen LogP contribution in [0.2, 0.25) is 0 Å². The number of carbonyl (C=O) groups excluding carboxylic acids is 1. The van der Waals surface area contributed by atoms with Crippen molar-refractivity contribution in [2.45, 2.75) is 13.8 Å². The molecule has 0 radical (unpaired) electrons. The summed E-state index contributed by atoms with van der Waals surface area (Å²) in [4.78, 5) is 12.0. The lowest BCUT2D eigenvalue weighted by Crippen LogP contribution is -2.30. The van der Waals surface area contributed by atoms with Crippen LogP contribution in [0.1, 0.15) is 21.7 Å². The third kappa shape index (κ3) is 3.08. The number of fused-ring (bicyclic) bond motifs is 1. The van der Waals surface area contributed by atoms with E-state index in [-0.39, 0.29) is 18.3 Å². The minimum atomic E-state index is -0.154. The molecule has 0 aliphatic carbocycles. The van der Waals surface area contributed by atoms with E-state index in [1.165, 1.54) is 0 Å². The van der Waals surface area contributed by atoms with Crippen molar-refractivity contribution < 1.29 is 9.21 Å². The van der Waals surface area contributed by atoms with E-state index in [9.17, 15) is 4.79 Å². The van der Waals surface area contributed by atoms with Gasteiger partial charge in [-0.3, -0.25) is 4.79 Å². The molecule has 0 saturated carbocycles. The van der Waals surface area contributed by atoms with Gasteiger partial charge in [0.15, 0.2) is 5.76 Å². The molecule has 0 aliphatic rings. The minimum Gasteiger partial charge on any atom is -0.450 e. The zero-order valence-electron chi connectivity index (χ0n) is 11.4. The van der Waals surface area contributed by atoms with Crippen LogP contribution < -0.4 is 10.6 Å². The first-order valence-electron chi connectivity index (χ1n) is 6.06. The standard InChI is InChI=1S/C14H18N2O2.ClH/c1-9-5-4-6-11-10(2)13(18-12(9)11)14(17)16-8-7-15-3;/h4-6,15H,7-8H2,1-3H3,(H,16,17);1H. The van der Waals surface area contributed by atoms with Crippen LogP contribution in [0.25, 0.3) is 11.0 Å². The number of para-hydroxylation sites is 1. The van der Waals surface area contributed by atoms with Crippen molar-refractivity contribution >= 4 is 29.3 Å². The molecule has 1 amide bonds. The van der Waals surface area contributed by atoms with Crippen molar-refractivity contribution in [1.82, 2.24) is 10.6 Å². The Balaban J connectivity index is 0.00000180. The summed E-state index contributed by atoms with van der Waals surface area (Å²) in [6, 6.07) is 5.93. The maximum atomic E-state index is 12.0. The smallest absolute Gasteiger partial charge is 0.287 e. The molecule has 4 nitrogen and oxygen atoms in total. The summed E-state index contributed by atoms with van der Waals surface area (Å²) in [5.41, 5.74) is 2.74. The fourth-order valence-electron chi connectivity index (χ4n) is 1.98. The molecular weight excluding hydrogens is 264 g/mol. The summed E-state index contributed by atoms with van der Waals surface area (Å²) in [5.74, 6) is 0.258. The zero-order valence-corrected chi connectivity index (χ0v) is 12.2. The Morgan fingerprint density at radius 2 is 2.00 bits per heavy atom. The number of aryl methyl sites for hydroxylation is 2. The highest BCUT2D eigenvalue weighted by Crippen LogP contribution is 2.27. The Morgan fingerprint density at radius 3 is 2.63 bits per heavy atom. The lowest BCUT2D eigenvalue weighted by atomic mass is 10.1. The van der Waals surface area contributed by atoms with Gasteiger partial charge in [-0.25, -0.2) is 0 Å². The lowest BCUT2D eigenvalue weighted by Gasteiger charge is -2.02. The molecule has 1 aromatic heterocycles. The Bertz CT molecular complexity index is 578. The van der Waals surface area contributed by atoms with Gasteiger partial charge in [-0.15, -0.1) is 12.4 Å². The van der Waals surface area contributed by atoms with Crippen molar-refractivity contribution in [3.8, 4) is 0 Å². The first kappa shape index (κ1) is 15.5. The van der Waals surface area contributed by atoms with Gasteiger partial charge < -0.3 is 15.1 Å². The topological polar surface area (TPSA) is 54.3 Å². The molecular formula is C14H19ClN2O2. The summed E-state index contributed by atoms with van der Waals surface area (Å²) < 4.78 is 5.69. The Hall–Kier alpha value is -1.52. The number of furan rings is 1. The first-order chi connectivity index (χ1) is 8.65. The van der Waals surface area contributed by atoms with Gasteiger partial charge in [0.25, 0.3) is 5.91 Å². The number of nitrogens with one attached hydrogen (secondary N) is 2. The van der Waals surface area contributed by atoms with Gasteiger partial charge in [-0.05, 0) is 26.5 Å². The first-order valence-corrected chi connectivity index (χ1v) is 6.06. The van der Waals surface area contributed by atoms with Crippen LogP contribution in [0.15, 0.2) is 22.6 Å². The van der Waals surface area contributed by atoms with Gasteiger partial charge in [0, 0.05) is 24.0 Å². The number of hydrogen-bond donors (Lipinski definition) is 2. The van der Waals surface area contributed by atoms with Gasteiger partial charge in [0.1, 0.15) is 5.58 Å². The number of amides is 1. The SMILES string of the molecule is CNCCNC(=O)c1oc2c(C)cccc2c1C.Cl. The molecule has 0 fully saturated rings. The maximum Gasteiger partial charge on any atom is 0.287 e. The number of carbonyl (C=O) groups is 1. The fraction of sp³-hybridized carbons (Fsp3) is 0.357. The van der Waals surface area contributed by atoms with Gasteiger partial charge >= 0.3 is 0 Å². The Labute approximate surface area is 119 Å². The van der Waals surface area contributed by atoms with E-state index < -0.39 is 0 Å². The summed E-state index contributed by atoms with van der Waals surface area (Å²) >= 11 is 0. The van der Waals surface area contributed by atoms with E-state index >= 15 is 0 Å². The maximum absolute atomic E-state index is 12.0. The van der Waals surface area contributed by atoms with Gasteiger partial charge in [-0.2, -0.15) is 0 Å². The highest BCUT2D eigenvalue weighted by Gasteiger charge is 2.17. The second-order valence-corrected chi connectivity index (χ2v) is 4.37. The van der Waals surface area contributed by atoms with E-state index in [1.807, 2.05) is 39.1 Å². The molecule has 2 N–H and O–H groups in total. The van der Waals surface area contributed by atoms with Crippen molar-refractivity contribution in [1.29, 1.82) is 0 Å². The molecule has 0 aliphatic heterocycles. The predicted molar refractivity (Wildman–Crippen MR) is 79.2 cm³/mol. The molecule has 1 heterocycles. The molecule has 0 atom stereocenters. The van der Waals surface area contributed by atoms with Crippen LogP contribution in [-0.2, 0) is 0 Å². The molecule has 104 valence electrons. The van der Waals surface area contributed by atoms with E-state index in [4.69, 9.17) is 4.42 Å². The third-order valence-electron chi connectivity index (χ3n) is 3.03. The quantitative estimate of drug-likeness (QED) is 0.847. The van der Waals surface area contributed by atoms with E-state index in [1.54, 1.807) is 0 Å². The highest BCUT2D eigenvalue weighted by atomic mass is 35.5. The van der Waals surface area contributed by atoms with Crippen molar-refractivity contribution in [2.24, 2.45) is 0 Å². The van der Waals surface area contributed by atoms with Crippen LogP contribution >= 0.6 is 12.4 Å². The van der Waals surface area contributed by atoms with E-state index in [0.717, 1.165) is 28.6 Å². The second kappa shape index (κ2) is 6.59. The summed E-state index contributed by atoms with van der Waals surface area (Å²) in [6.45, 7) is 5.22. The largest absolute Gasteiger partial charge is 0.450 e. The van der Waals surface area contributed by atoms with E-state index in [2.05, 4.69) is 10.6 Å². The number of benzene rings is 1. The molecule has 2 aromatic rings. The second-order valence-electron chi connectivity index (χ2n) is 4.37. The van der Waals surface area contributed by atoms with Crippen LogP contribution in [0.3, 0.4) is 0 Å². The molecule has 5 heteroatoms. The average molecular weight is 283 g/mol. The molecule has 0 spiro atoms. The highest BCUT2D eigenvalue weighted by molar-refractivity contribution is 5.99. The fourth-order valence-corrected chi connectivity index (χ4v) is 1.98. The molecule has 19 heavy (non-hydrogen) atoms. The molecule has 0 unspecified atom stereocenters. The average Bonchev–Trinajstić information content (AvgIpc) is 2.69. The molecule has 0 saturated heterocycles. The molecule has 2 rings (SSSR count). The molecule has 0 bridgehead atoms. The van der Waals surface area contributed by atoms with Crippen LogP contribution in [-0.4, -0.2) is 26.0 Å². The number of halogens is 1. The van der Waals surface area contributed by atoms with Crippen LogP contribution in [0, 0.1) is 13.8 Å². The van der Waals surface area contributed by atoms with Crippen LogP contribution in [0.5, 0.6) is 0 Å². The third-order valence-corrected chi connectivity index (χ3v) is 3.03. The molecule has 1 aromatic carbocycles. The summed E-state index contributed by atoms with van der Waals surface area (Å²) in [7, 11) is 1.85. The van der Waals surface area contributed by atoms with Gasteiger partial charge in [-0.1, -0.05) is 18.2 Å². The number of hydrogen-bond acceptors (Lipinski definition) is 3. The lowest BCUT2D eigenvalue weighted by molar-refractivity contribution is 0.0928. The van der Waals surface area contributed by atoms with Crippen molar-refractivity contribution in [3.63, 3.8) is 0 Å². The van der Waals surface area contributed by atoms with Crippen molar-refractivity contribution in [2.75, 3.05) is 20.1 Å². The van der Waals surface area contributed by atoms with Crippen molar-refractivity contribution in [3.05, 3.63) is 35.1 Å². The number of rotatable bonds is 4. The van der Waals surface area contributed by atoms with Gasteiger partial charge in [0.2, 0.25) is 0 Å². The monoisotopic (exact) mass is 282 g/mol. The predicted octanol–water partition coefficient (Wildman–Crippen LogP) is 2.42. The number of likely N-dealkylation sites (N-methyl/N-ethyl adjacent to an activating group) is 1. The Kier molecular flexibility index (Phi) is 5.39. The Morgan fingerprint density at radius 1 is 1.26 bits per heavy atom. The minimum absolute atomic E-state index is 0. The van der Waals surface area contributed by atoms with Crippen LogP contribution in [0.4, 0.5) is 0 Å². The normalized spacial score (nSPS) is 10.3. The van der Waals surface area contributed by atoms with Gasteiger partial charge in [0.05, 0.1) is 0 Å². The summed E-state index contributed by atoms with van der Waals surface area (Å²) in [6.07, 6.45) is 0.